The summed E-state index contributed by atoms with van der Waals surface area (Å²) in [6.45, 7) is 1.61. The van der Waals surface area contributed by atoms with Gasteiger partial charge < -0.3 is 10.5 Å². The Bertz CT molecular complexity index is 599. The van der Waals surface area contributed by atoms with Crippen LogP contribution in [0.3, 0.4) is 0 Å². The van der Waals surface area contributed by atoms with Crippen LogP contribution < -0.4 is 10.5 Å². The van der Waals surface area contributed by atoms with Crippen molar-refractivity contribution in [2.75, 3.05) is 0 Å². The molecule has 1 atom stereocenters. The van der Waals surface area contributed by atoms with E-state index in [0.29, 0.717) is 0 Å². The van der Waals surface area contributed by atoms with Gasteiger partial charge in [0.1, 0.15) is 17.3 Å². The van der Waals surface area contributed by atoms with Crippen LogP contribution in [0.1, 0.15) is 18.5 Å². The molecule has 2 aromatic carbocycles. The second-order valence-electron chi connectivity index (χ2n) is 4.12. The van der Waals surface area contributed by atoms with Gasteiger partial charge >= 0.3 is 0 Å². The fraction of sp³-hybridized carbons (Fsp3) is 0.143. The van der Waals surface area contributed by atoms with Crippen LogP contribution in [0.25, 0.3) is 0 Å². The average Bonchev–Trinajstić information content (AvgIpc) is 2.33. The summed E-state index contributed by atoms with van der Waals surface area (Å²) < 4.78 is 44.9. The van der Waals surface area contributed by atoms with Crippen molar-refractivity contribution in [3.05, 3.63) is 59.4 Å². The molecule has 0 fully saturated rings. The molecule has 0 spiro atoms. The second kappa shape index (κ2) is 5.32. The van der Waals surface area contributed by atoms with Gasteiger partial charge in [0, 0.05) is 17.7 Å². The molecule has 0 saturated carbocycles. The molecule has 0 heterocycles. The van der Waals surface area contributed by atoms with Gasteiger partial charge in [-0.05, 0) is 31.2 Å². The zero-order valence-corrected chi connectivity index (χ0v) is 10.2. The summed E-state index contributed by atoms with van der Waals surface area (Å²) in [5.41, 5.74) is 5.86. The molecule has 0 amide bonds. The van der Waals surface area contributed by atoms with Crippen molar-refractivity contribution in [3.8, 4) is 11.5 Å². The van der Waals surface area contributed by atoms with Crippen molar-refractivity contribution >= 4 is 0 Å². The van der Waals surface area contributed by atoms with E-state index in [1.54, 1.807) is 6.92 Å². The summed E-state index contributed by atoms with van der Waals surface area (Å²) in [4.78, 5) is 0. The van der Waals surface area contributed by atoms with Gasteiger partial charge in [0.05, 0.1) is 0 Å². The van der Waals surface area contributed by atoms with E-state index < -0.39 is 23.5 Å². The Kier molecular flexibility index (Phi) is 3.76. The number of halogens is 3. The molecule has 2 N–H and O–H groups in total. The second-order valence-corrected chi connectivity index (χ2v) is 4.12. The van der Waals surface area contributed by atoms with Crippen molar-refractivity contribution in [2.24, 2.45) is 5.73 Å². The first-order chi connectivity index (χ1) is 8.99. The highest BCUT2D eigenvalue weighted by Gasteiger charge is 2.14. The van der Waals surface area contributed by atoms with Crippen LogP contribution >= 0.6 is 0 Å². The van der Waals surface area contributed by atoms with Crippen LogP contribution in [0, 0.1) is 17.5 Å². The minimum Gasteiger partial charge on any atom is -0.457 e. The van der Waals surface area contributed by atoms with Crippen LogP contribution in [0.2, 0.25) is 0 Å². The molecule has 0 aliphatic heterocycles. The Balaban J connectivity index is 2.38. The summed E-state index contributed by atoms with van der Waals surface area (Å²) in [6, 6.07) is 6.74. The molecule has 0 saturated heterocycles. The Morgan fingerprint density at radius 3 is 2.37 bits per heavy atom. The van der Waals surface area contributed by atoms with Crippen LogP contribution in [-0.2, 0) is 0 Å². The van der Waals surface area contributed by atoms with Gasteiger partial charge in [0.15, 0.2) is 11.6 Å². The molecule has 19 heavy (non-hydrogen) atoms. The maximum absolute atomic E-state index is 13.7. The van der Waals surface area contributed by atoms with E-state index >= 15 is 0 Å². The number of hydrogen-bond acceptors (Lipinski definition) is 2. The van der Waals surface area contributed by atoms with Crippen LogP contribution in [-0.4, -0.2) is 0 Å². The average molecular weight is 267 g/mol. The van der Waals surface area contributed by atoms with Crippen LogP contribution in [0.15, 0.2) is 36.4 Å². The SMILES string of the molecule is CC(N)c1c(F)cccc1Oc1ccc(F)c(F)c1. The Labute approximate surface area is 108 Å². The Morgan fingerprint density at radius 1 is 1.00 bits per heavy atom. The number of ether oxygens (including phenoxy) is 1. The molecule has 0 aliphatic carbocycles. The molecule has 0 bridgehead atoms. The highest BCUT2D eigenvalue weighted by atomic mass is 19.2. The standard InChI is InChI=1S/C14H12F3NO/c1-8(18)14-11(16)3-2-4-13(14)19-9-5-6-10(15)12(17)7-9/h2-8H,18H2,1H3. The van der Waals surface area contributed by atoms with E-state index in [-0.39, 0.29) is 17.1 Å². The highest BCUT2D eigenvalue weighted by Crippen LogP contribution is 2.31. The maximum atomic E-state index is 13.7. The van der Waals surface area contributed by atoms with Crippen LogP contribution in [0.4, 0.5) is 13.2 Å². The monoisotopic (exact) mass is 267 g/mol. The number of nitrogens with two attached hydrogens (primary N) is 1. The molecule has 2 aromatic rings. The topological polar surface area (TPSA) is 35.2 Å². The van der Waals surface area contributed by atoms with Gasteiger partial charge in [-0.25, -0.2) is 13.2 Å². The van der Waals surface area contributed by atoms with Crippen molar-refractivity contribution in [3.63, 3.8) is 0 Å². The molecule has 0 radical (unpaired) electrons. The van der Waals surface area contributed by atoms with Gasteiger partial charge in [-0.15, -0.1) is 0 Å². The van der Waals surface area contributed by atoms with Gasteiger partial charge in [-0.2, -0.15) is 0 Å². The number of hydrogen-bond donors (Lipinski definition) is 1. The largest absolute Gasteiger partial charge is 0.457 e. The molecule has 2 rings (SSSR count). The first-order valence-corrected chi connectivity index (χ1v) is 5.66. The summed E-state index contributed by atoms with van der Waals surface area (Å²) in [7, 11) is 0. The highest BCUT2D eigenvalue weighted by molar-refractivity contribution is 5.40. The van der Waals surface area contributed by atoms with Gasteiger partial charge in [0.25, 0.3) is 0 Å². The maximum Gasteiger partial charge on any atom is 0.162 e. The first-order valence-electron chi connectivity index (χ1n) is 5.66. The van der Waals surface area contributed by atoms with E-state index in [1.165, 1.54) is 24.3 Å². The Morgan fingerprint density at radius 2 is 1.74 bits per heavy atom. The smallest absolute Gasteiger partial charge is 0.162 e. The summed E-state index contributed by atoms with van der Waals surface area (Å²) in [6.07, 6.45) is 0. The third-order valence-corrected chi connectivity index (χ3v) is 2.59. The number of benzene rings is 2. The van der Waals surface area contributed by atoms with Crippen LogP contribution in [0.5, 0.6) is 11.5 Å². The lowest BCUT2D eigenvalue weighted by Crippen LogP contribution is -2.09. The number of rotatable bonds is 3. The molecule has 2 nitrogen and oxygen atoms in total. The zero-order valence-electron chi connectivity index (χ0n) is 10.2. The van der Waals surface area contributed by atoms with Crippen molar-refractivity contribution < 1.29 is 17.9 Å². The lowest BCUT2D eigenvalue weighted by Gasteiger charge is -2.14. The summed E-state index contributed by atoms with van der Waals surface area (Å²) in [5, 5.41) is 0. The van der Waals surface area contributed by atoms with Gasteiger partial charge in [-0.1, -0.05) is 6.07 Å². The van der Waals surface area contributed by atoms with Crippen molar-refractivity contribution in [2.45, 2.75) is 13.0 Å². The predicted molar refractivity (Wildman–Crippen MR) is 65.4 cm³/mol. The van der Waals surface area contributed by atoms with Gasteiger partial charge in [0.2, 0.25) is 0 Å². The zero-order chi connectivity index (χ0) is 14.0. The fourth-order valence-corrected chi connectivity index (χ4v) is 1.72. The van der Waals surface area contributed by atoms with Crippen molar-refractivity contribution in [1.29, 1.82) is 0 Å². The first kappa shape index (κ1) is 13.4. The molecular formula is C14H12F3NO. The summed E-state index contributed by atoms with van der Waals surface area (Å²) >= 11 is 0. The van der Waals surface area contributed by atoms with E-state index in [2.05, 4.69) is 0 Å². The van der Waals surface area contributed by atoms with Gasteiger partial charge in [-0.3, -0.25) is 0 Å². The predicted octanol–water partition coefficient (Wildman–Crippen LogP) is 3.92. The lowest BCUT2D eigenvalue weighted by atomic mass is 10.1. The lowest BCUT2D eigenvalue weighted by molar-refractivity contribution is 0.447. The molecule has 0 aliphatic rings. The normalized spacial score (nSPS) is 12.3. The molecule has 0 aromatic heterocycles. The fourth-order valence-electron chi connectivity index (χ4n) is 1.72. The molecule has 1 unspecified atom stereocenters. The minimum atomic E-state index is -1.03. The quantitative estimate of drug-likeness (QED) is 0.914. The third-order valence-electron chi connectivity index (χ3n) is 2.59. The van der Waals surface area contributed by atoms with Crippen molar-refractivity contribution in [1.82, 2.24) is 0 Å². The molecular weight excluding hydrogens is 255 g/mol. The molecule has 100 valence electrons. The summed E-state index contributed by atoms with van der Waals surface area (Å²) in [5.74, 6) is -2.25. The van der Waals surface area contributed by atoms with E-state index in [4.69, 9.17) is 10.5 Å². The molecule has 5 heteroatoms. The third kappa shape index (κ3) is 2.88. The Hall–Kier alpha value is -2.01. The van der Waals surface area contributed by atoms with E-state index in [0.717, 1.165) is 12.1 Å². The van der Waals surface area contributed by atoms with E-state index in [1.807, 2.05) is 0 Å². The minimum absolute atomic E-state index is 0.0754. The van der Waals surface area contributed by atoms with E-state index in [9.17, 15) is 13.2 Å².